The molecule has 2 N–H and O–H groups in total. The first-order chi connectivity index (χ1) is 16.7. The first-order valence-corrected chi connectivity index (χ1v) is 13.2. The van der Waals surface area contributed by atoms with Gasteiger partial charge in [-0.05, 0) is 33.2 Å². The minimum Gasteiger partial charge on any atom is -0.364 e. The Morgan fingerprint density at radius 1 is 0.943 bits per heavy atom. The molecule has 0 fully saturated rings. The number of benzene rings is 2. The van der Waals surface area contributed by atoms with Crippen LogP contribution in [0, 0.1) is 0 Å². The quantitative estimate of drug-likeness (QED) is 0.366. The highest BCUT2D eigenvalue weighted by Gasteiger charge is 2.24. The minimum absolute atomic E-state index is 0.282. The third-order valence-electron chi connectivity index (χ3n) is 5.33. The first-order valence-electron chi connectivity index (χ1n) is 11.5. The summed E-state index contributed by atoms with van der Waals surface area (Å²) in [7, 11) is -3.74. The number of sulfonamides is 1. The van der Waals surface area contributed by atoms with Crippen LogP contribution in [-0.4, -0.2) is 43.4 Å². The Labute approximate surface area is 207 Å². The molecule has 3 rings (SSSR count). The van der Waals surface area contributed by atoms with Gasteiger partial charge in [-0.1, -0.05) is 60.7 Å². The second kappa shape index (κ2) is 12.0. The SMILES string of the molecule is CC(=O)NS(=O)(=O)COCCCCNC(C)(C)c1cnc(-c2ccccc2)c(-c2ccccc2)n1. The van der Waals surface area contributed by atoms with E-state index < -0.39 is 27.4 Å². The van der Waals surface area contributed by atoms with E-state index in [-0.39, 0.29) is 6.61 Å². The summed E-state index contributed by atoms with van der Waals surface area (Å²) in [4.78, 5) is 20.7. The Bertz CT molecular complexity index is 1220. The third kappa shape index (κ3) is 7.95. The van der Waals surface area contributed by atoms with Crippen molar-refractivity contribution in [3.8, 4) is 22.5 Å². The number of nitrogens with zero attached hydrogens (tertiary/aromatic N) is 2. The van der Waals surface area contributed by atoms with Crippen LogP contribution in [0.4, 0.5) is 0 Å². The van der Waals surface area contributed by atoms with Gasteiger partial charge in [-0.15, -0.1) is 0 Å². The molecule has 0 radical (unpaired) electrons. The predicted octanol–water partition coefficient (Wildman–Crippen LogP) is 3.86. The van der Waals surface area contributed by atoms with Crippen LogP contribution in [-0.2, 0) is 25.1 Å². The number of amides is 1. The van der Waals surface area contributed by atoms with Gasteiger partial charge in [0.25, 0.3) is 10.0 Å². The highest BCUT2D eigenvalue weighted by atomic mass is 32.2. The van der Waals surface area contributed by atoms with Gasteiger partial charge in [0.15, 0.2) is 5.94 Å². The molecule has 1 heterocycles. The molecule has 0 saturated carbocycles. The normalized spacial score (nSPS) is 11.9. The number of rotatable bonds is 12. The number of unbranched alkanes of at least 4 members (excludes halogenated alkanes) is 1. The molecular formula is C26H32N4O4S. The molecule has 8 nitrogen and oxygen atoms in total. The summed E-state index contributed by atoms with van der Waals surface area (Å²) < 4.78 is 30.2. The van der Waals surface area contributed by atoms with Gasteiger partial charge in [-0.2, -0.15) is 0 Å². The Morgan fingerprint density at radius 3 is 2.14 bits per heavy atom. The molecule has 2 aromatic carbocycles. The van der Waals surface area contributed by atoms with Crippen LogP contribution in [0.3, 0.4) is 0 Å². The van der Waals surface area contributed by atoms with Gasteiger partial charge in [-0.25, -0.2) is 13.4 Å². The Morgan fingerprint density at radius 2 is 1.54 bits per heavy atom. The average molecular weight is 497 g/mol. The summed E-state index contributed by atoms with van der Waals surface area (Å²) in [5.41, 5.74) is 4.08. The minimum atomic E-state index is -3.74. The van der Waals surface area contributed by atoms with Crippen molar-refractivity contribution in [3.63, 3.8) is 0 Å². The molecule has 0 atom stereocenters. The lowest BCUT2D eigenvalue weighted by Crippen LogP contribution is -2.38. The van der Waals surface area contributed by atoms with E-state index in [1.54, 1.807) is 0 Å². The van der Waals surface area contributed by atoms with Crippen molar-refractivity contribution in [2.24, 2.45) is 0 Å². The zero-order valence-electron chi connectivity index (χ0n) is 20.3. The zero-order chi connectivity index (χ0) is 25.3. The van der Waals surface area contributed by atoms with Gasteiger partial charge in [0, 0.05) is 24.7 Å². The van der Waals surface area contributed by atoms with Crippen molar-refractivity contribution < 1.29 is 17.9 Å². The molecule has 1 amide bonds. The molecule has 35 heavy (non-hydrogen) atoms. The predicted molar refractivity (Wildman–Crippen MR) is 137 cm³/mol. The van der Waals surface area contributed by atoms with E-state index in [0.29, 0.717) is 13.0 Å². The van der Waals surface area contributed by atoms with Crippen LogP contribution in [0.2, 0.25) is 0 Å². The smallest absolute Gasteiger partial charge is 0.259 e. The lowest BCUT2D eigenvalue weighted by atomic mass is 9.98. The second-order valence-electron chi connectivity index (χ2n) is 8.74. The third-order valence-corrected chi connectivity index (χ3v) is 6.40. The lowest BCUT2D eigenvalue weighted by molar-refractivity contribution is -0.117. The number of hydrogen-bond acceptors (Lipinski definition) is 7. The maximum Gasteiger partial charge on any atom is 0.259 e. The average Bonchev–Trinajstić information content (AvgIpc) is 2.83. The van der Waals surface area contributed by atoms with E-state index in [0.717, 1.165) is 41.6 Å². The van der Waals surface area contributed by atoms with Crippen molar-refractivity contribution in [1.29, 1.82) is 0 Å². The van der Waals surface area contributed by atoms with Crippen molar-refractivity contribution in [3.05, 3.63) is 72.6 Å². The molecule has 0 aliphatic carbocycles. The highest BCUT2D eigenvalue weighted by Crippen LogP contribution is 2.30. The van der Waals surface area contributed by atoms with Gasteiger partial charge < -0.3 is 10.1 Å². The molecule has 186 valence electrons. The first kappa shape index (κ1) is 26.5. The van der Waals surface area contributed by atoms with Crippen LogP contribution in [0.5, 0.6) is 0 Å². The zero-order valence-corrected chi connectivity index (χ0v) is 21.1. The van der Waals surface area contributed by atoms with Gasteiger partial charge in [-0.3, -0.25) is 14.5 Å². The molecule has 0 bridgehead atoms. The summed E-state index contributed by atoms with van der Waals surface area (Å²) in [6, 6.07) is 20.1. The molecule has 9 heteroatoms. The van der Waals surface area contributed by atoms with Crippen molar-refractivity contribution in [1.82, 2.24) is 20.0 Å². The Kier molecular flexibility index (Phi) is 9.08. The van der Waals surface area contributed by atoms with E-state index in [9.17, 15) is 13.2 Å². The molecule has 0 unspecified atom stereocenters. The summed E-state index contributed by atoms with van der Waals surface area (Å²) in [6.07, 6.45) is 3.27. The van der Waals surface area contributed by atoms with E-state index in [1.165, 1.54) is 0 Å². The largest absolute Gasteiger partial charge is 0.364 e. The van der Waals surface area contributed by atoms with E-state index >= 15 is 0 Å². The molecule has 0 saturated heterocycles. The lowest BCUT2D eigenvalue weighted by Gasteiger charge is -2.26. The fraction of sp³-hybridized carbons (Fsp3) is 0.346. The topological polar surface area (TPSA) is 110 Å². The van der Waals surface area contributed by atoms with Crippen LogP contribution in [0.15, 0.2) is 66.9 Å². The molecular weight excluding hydrogens is 464 g/mol. The summed E-state index contributed by atoms with van der Waals surface area (Å²) in [5, 5.41) is 3.51. The standard InChI is InChI=1S/C26H32N4O4S/c1-20(31)30-35(32,33)19-34-17-11-10-16-28-26(2,3)23-18-27-24(21-12-6-4-7-13-21)25(29-23)22-14-8-5-9-15-22/h4-9,12-15,18,28H,10-11,16-17,19H2,1-3H3,(H,30,31). The molecule has 1 aromatic heterocycles. The Balaban J connectivity index is 1.62. The number of hydrogen-bond donors (Lipinski definition) is 2. The van der Waals surface area contributed by atoms with Crippen LogP contribution in [0.25, 0.3) is 22.5 Å². The second-order valence-corrected chi connectivity index (χ2v) is 10.4. The maximum atomic E-state index is 11.6. The molecule has 0 aliphatic rings. The van der Waals surface area contributed by atoms with Gasteiger partial charge in [0.2, 0.25) is 5.91 Å². The number of carbonyl (C=O) groups is 1. The van der Waals surface area contributed by atoms with Gasteiger partial charge in [0.05, 0.1) is 28.8 Å². The number of carbonyl (C=O) groups excluding carboxylic acids is 1. The highest BCUT2D eigenvalue weighted by molar-refractivity contribution is 7.89. The van der Waals surface area contributed by atoms with Gasteiger partial charge in [0.1, 0.15) is 0 Å². The summed E-state index contributed by atoms with van der Waals surface area (Å²) in [5.74, 6) is -1.16. The van der Waals surface area contributed by atoms with E-state index in [1.807, 2.05) is 71.6 Å². The van der Waals surface area contributed by atoms with E-state index in [4.69, 9.17) is 14.7 Å². The monoisotopic (exact) mass is 496 g/mol. The molecule has 3 aromatic rings. The molecule has 0 spiro atoms. The fourth-order valence-corrected chi connectivity index (χ4v) is 4.37. The van der Waals surface area contributed by atoms with Crippen LogP contribution < -0.4 is 10.0 Å². The number of ether oxygens (including phenoxy) is 1. The summed E-state index contributed by atoms with van der Waals surface area (Å²) in [6.45, 7) is 6.24. The number of nitrogens with one attached hydrogen (secondary N) is 2. The maximum absolute atomic E-state index is 11.6. The van der Waals surface area contributed by atoms with Crippen molar-refractivity contribution >= 4 is 15.9 Å². The van der Waals surface area contributed by atoms with Crippen LogP contribution >= 0.6 is 0 Å². The fourth-order valence-electron chi connectivity index (χ4n) is 3.53. The summed E-state index contributed by atoms with van der Waals surface area (Å²) >= 11 is 0. The Hall–Kier alpha value is -3.14. The van der Waals surface area contributed by atoms with Gasteiger partial charge >= 0.3 is 0 Å². The number of aromatic nitrogens is 2. The van der Waals surface area contributed by atoms with Crippen molar-refractivity contribution in [2.45, 2.75) is 39.2 Å². The van der Waals surface area contributed by atoms with Crippen molar-refractivity contribution in [2.75, 3.05) is 19.1 Å². The van der Waals surface area contributed by atoms with E-state index in [2.05, 4.69) is 19.2 Å². The molecule has 0 aliphatic heterocycles. The van der Waals surface area contributed by atoms with Crippen LogP contribution in [0.1, 0.15) is 39.3 Å².